The van der Waals surface area contributed by atoms with E-state index in [2.05, 4.69) is 31.2 Å². The maximum absolute atomic E-state index is 6.03. The Kier molecular flexibility index (Phi) is 9.70. The maximum atomic E-state index is 6.03. The van der Waals surface area contributed by atoms with Gasteiger partial charge in [-0.15, -0.1) is 11.3 Å². The van der Waals surface area contributed by atoms with Crippen molar-refractivity contribution >= 4 is 35.6 Å². The van der Waals surface area contributed by atoms with Crippen LogP contribution in [0.4, 0.5) is 0 Å². The predicted molar refractivity (Wildman–Crippen MR) is 148 cm³/mol. The molecule has 0 fully saturated rings. The van der Waals surface area contributed by atoms with Crippen molar-refractivity contribution in [3.05, 3.63) is 57.3 Å². The van der Waals surface area contributed by atoms with Crippen LogP contribution in [0.5, 0.6) is 34.5 Å². The van der Waals surface area contributed by atoms with Gasteiger partial charge in [-0.3, -0.25) is 0 Å². The van der Waals surface area contributed by atoms with Gasteiger partial charge in [0.15, 0.2) is 23.0 Å². The maximum Gasteiger partial charge on any atom is 0.203 e. The van der Waals surface area contributed by atoms with E-state index in [1.807, 2.05) is 43.3 Å². The fraction of sp³-hybridized carbons (Fsp3) is 0.310. The van der Waals surface area contributed by atoms with Crippen molar-refractivity contribution in [2.45, 2.75) is 26.4 Å². The van der Waals surface area contributed by atoms with Gasteiger partial charge in [0, 0.05) is 9.75 Å². The van der Waals surface area contributed by atoms with Gasteiger partial charge in [0.1, 0.15) is 0 Å². The molecule has 2 aromatic carbocycles. The fourth-order valence-electron chi connectivity index (χ4n) is 3.50. The van der Waals surface area contributed by atoms with Crippen LogP contribution in [0.3, 0.4) is 0 Å². The minimum absolute atomic E-state index is 0.0619. The van der Waals surface area contributed by atoms with Gasteiger partial charge in [-0.25, -0.2) is 0 Å². The normalized spacial score (nSPS) is 12.1. The minimum atomic E-state index is 0.0619. The zero-order valence-electron chi connectivity index (χ0n) is 21.9. The first kappa shape index (κ1) is 27.0. The van der Waals surface area contributed by atoms with E-state index in [1.54, 1.807) is 46.9 Å². The number of hydrogen-bond donors (Lipinski definition) is 0. The smallest absolute Gasteiger partial charge is 0.203 e. The van der Waals surface area contributed by atoms with Crippen LogP contribution in [0.1, 0.15) is 41.1 Å². The summed E-state index contributed by atoms with van der Waals surface area (Å²) in [6.45, 7) is 4.10. The highest BCUT2D eigenvalue weighted by atomic mass is 32.1. The zero-order valence-corrected chi connectivity index (χ0v) is 22.7. The van der Waals surface area contributed by atoms with Gasteiger partial charge in [0.2, 0.25) is 11.5 Å². The Bertz CT molecular complexity index is 1160. The van der Waals surface area contributed by atoms with Crippen LogP contribution in [-0.4, -0.2) is 41.7 Å². The lowest BCUT2D eigenvalue weighted by Crippen LogP contribution is -2.11. The van der Waals surface area contributed by atoms with Crippen molar-refractivity contribution < 1.29 is 28.4 Å². The summed E-state index contributed by atoms with van der Waals surface area (Å²) >= 11 is 1.69. The summed E-state index contributed by atoms with van der Waals surface area (Å²) in [4.78, 5) is 2.24. The zero-order chi connectivity index (χ0) is 26.1. The summed E-state index contributed by atoms with van der Waals surface area (Å²) in [6, 6.07) is 11.9. The van der Waals surface area contributed by atoms with E-state index in [0.29, 0.717) is 34.5 Å². The average molecular weight is 511 g/mol. The number of benzene rings is 2. The minimum Gasteiger partial charge on any atom is -0.493 e. The SMILES string of the molecule is CCC(C)Oc1c(OC)cc(/C=C/c2ccc(/C=C/c3cc(OC)c(OC)c(OC)c3)s2)cc1OC. The molecule has 36 heavy (non-hydrogen) atoms. The van der Waals surface area contributed by atoms with Crippen LogP contribution >= 0.6 is 11.3 Å². The first-order chi connectivity index (χ1) is 17.5. The average Bonchev–Trinajstić information content (AvgIpc) is 3.37. The van der Waals surface area contributed by atoms with Gasteiger partial charge in [-0.2, -0.15) is 0 Å². The lowest BCUT2D eigenvalue weighted by Gasteiger charge is -2.18. The standard InChI is InChI=1S/C29H34O6S/c1-8-19(2)35-29-26(32-5)17-21(18-27(29)33-6)10-12-23-14-13-22(36-23)11-9-20-15-24(30-3)28(34-7)25(16-20)31-4/h9-19H,8H2,1-7H3/b11-9+,12-10+. The van der Waals surface area contributed by atoms with E-state index in [0.717, 1.165) is 27.3 Å². The Labute approximate surface area is 217 Å². The molecule has 1 atom stereocenters. The van der Waals surface area contributed by atoms with Gasteiger partial charge in [-0.1, -0.05) is 19.1 Å². The molecule has 0 saturated carbocycles. The fourth-order valence-corrected chi connectivity index (χ4v) is 4.32. The Morgan fingerprint density at radius 3 is 1.42 bits per heavy atom. The van der Waals surface area contributed by atoms with Crippen LogP contribution in [0.15, 0.2) is 36.4 Å². The molecule has 0 amide bonds. The van der Waals surface area contributed by atoms with E-state index in [-0.39, 0.29) is 6.10 Å². The first-order valence-electron chi connectivity index (χ1n) is 11.6. The van der Waals surface area contributed by atoms with Crippen molar-refractivity contribution in [1.29, 1.82) is 0 Å². The third-order valence-electron chi connectivity index (χ3n) is 5.59. The van der Waals surface area contributed by atoms with Gasteiger partial charge >= 0.3 is 0 Å². The summed E-state index contributed by atoms with van der Waals surface area (Å²) in [5.41, 5.74) is 1.91. The van der Waals surface area contributed by atoms with E-state index in [1.165, 1.54) is 0 Å². The number of thiophene rings is 1. The first-order valence-corrected chi connectivity index (χ1v) is 12.5. The van der Waals surface area contributed by atoms with E-state index in [4.69, 9.17) is 28.4 Å². The Morgan fingerprint density at radius 2 is 1.06 bits per heavy atom. The summed E-state index contributed by atoms with van der Waals surface area (Å²) in [6.07, 6.45) is 9.15. The molecule has 0 radical (unpaired) electrons. The van der Waals surface area contributed by atoms with E-state index in [9.17, 15) is 0 Å². The number of rotatable bonds is 12. The molecule has 0 aliphatic heterocycles. The van der Waals surface area contributed by atoms with Crippen LogP contribution in [0.2, 0.25) is 0 Å². The van der Waals surface area contributed by atoms with Crippen molar-refractivity contribution in [1.82, 2.24) is 0 Å². The van der Waals surface area contributed by atoms with Crippen LogP contribution in [-0.2, 0) is 0 Å². The molecule has 192 valence electrons. The molecule has 7 heteroatoms. The molecular formula is C29H34O6S. The second kappa shape index (κ2) is 12.9. The second-order valence-electron chi connectivity index (χ2n) is 7.96. The lowest BCUT2D eigenvalue weighted by atomic mass is 10.1. The molecule has 0 N–H and O–H groups in total. The van der Waals surface area contributed by atoms with E-state index < -0.39 is 0 Å². The molecule has 3 rings (SSSR count). The van der Waals surface area contributed by atoms with Gasteiger partial charge < -0.3 is 28.4 Å². The molecule has 3 aromatic rings. The van der Waals surface area contributed by atoms with Gasteiger partial charge in [-0.05, 0) is 73.0 Å². The molecule has 0 saturated heterocycles. The van der Waals surface area contributed by atoms with Crippen molar-refractivity contribution in [3.63, 3.8) is 0 Å². The van der Waals surface area contributed by atoms with Crippen LogP contribution < -0.4 is 28.4 Å². The topological polar surface area (TPSA) is 55.4 Å². The molecule has 1 aromatic heterocycles. The van der Waals surface area contributed by atoms with Crippen molar-refractivity contribution in [2.24, 2.45) is 0 Å². The summed E-state index contributed by atoms with van der Waals surface area (Å²) < 4.78 is 33.5. The number of methoxy groups -OCH3 is 5. The molecule has 6 nitrogen and oxygen atoms in total. The molecule has 0 bridgehead atoms. The monoisotopic (exact) mass is 510 g/mol. The quantitative estimate of drug-likeness (QED) is 0.255. The van der Waals surface area contributed by atoms with Gasteiger partial charge in [0.25, 0.3) is 0 Å². The highest BCUT2D eigenvalue weighted by Gasteiger charge is 2.16. The number of ether oxygens (including phenoxy) is 6. The molecule has 1 unspecified atom stereocenters. The van der Waals surface area contributed by atoms with Crippen LogP contribution in [0, 0.1) is 0 Å². The highest BCUT2D eigenvalue weighted by Crippen LogP contribution is 2.40. The highest BCUT2D eigenvalue weighted by molar-refractivity contribution is 7.13. The second-order valence-corrected chi connectivity index (χ2v) is 9.10. The van der Waals surface area contributed by atoms with Crippen molar-refractivity contribution in [2.75, 3.05) is 35.5 Å². The van der Waals surface area contributed by atoms with Gasteiger partial charge in [0.05, 0.1) is 41.7 Å². The summed E-state index contributed by atoms with van der Waals surface area (Å²) in [5, 5.41) is 0. The Balaban J connectivity index is 1.79. The third kappa shape index (κ3) is 6.55. The lowest BCUT2D eigenvalue weighted by molar-refractivity contribution is 0.198. The molecule has 0 aliphatic carbocycles. The molecule has 0 spiro atoms. The predicted octanol–water partition coefficient (Wildman–Crippen LogP) is 7.31. The Morgan fingerprint density at radius 1 is 0.639 bits per heavy atom. The number of hydrogen-bond acceptors (Lipinski definition) is 7. The van der Waals surface area contributed by atoms with Crippen LogP contribution in [0.25, 0.3) is 24.3 Å². The molecule has 1 heterocycles. The molecular weight excluding hydrogens is 476 g/mol. The summed E-state index contributed by atoms with van der Waals surface area (Å²) in [5.74, 6) is 3.75. The summed E-state index contributed by atoms with van der Waals surface area (Å²) in [7, 11) is 8.09. The Hall–Kier alpha value is -3.58. The third-order valence-corrected chi connectivity index (χ3v) is 6.61. The largest absolute Gasteiger partial charge is 0.493 e. The molecule has 0 aliphatic rings. The van der Waals surface area contributed by atoms with E-state index >= 15 is 0 Å². The van der Waals surface area contributed by atoms with Crippen molar-refractivity contribution in [3.8, 4) is 34.5 Å².